The van der Waals surface area contributed by atoms with E-state index in [2.05, 4.69) is 0 Å². The van der Waals surface area contributed by atoms with Gasteiger partial charge in [0, 0.05) is 19.6 Å². The van der Waals surface area contributed by atoms with E-state index in [1.165, 1.54) is 11.0 Å². The van der Waals surface area contributed by atoms with Gasteiger partial charge in [0.05, 0.1) is 5.56 Å². The Hall–Kier alpha value is -1.42. The number of nitrogens with two attached hydrogens (primary N) is 1. The summed E-state index contributed by atoms with van der Waals surface area (Å²) in [6, 6.07) is 4.62. The summed E-state index contributed by atoms with van der Waals surface area (Å²) in [6.45, 7) is 6.47. The highest BCUT2D eigenvalue weighted by molar-refractivity contribution is 5.94. The molecular weight excluding hydrogens is 243 g/mol. The normalized spacial score (nSPS) is 12.6. The third kappa shape index (κ3) is 4.31. The molecule has 0 aliphatic carbocycles. The van der Waals surface area contributed by atoms with Gasteiger partial charge in [-0.2, -0.15) is 0 Å². The molecule has 0 bridgehead atoms. The van der Waals surface area contributed by atoms with Crippen molar-refractivity contribution in [1.82, 2.24) is 4.90 Å². The number of rotatable bonds is 5. The molecule has 2 N–H and O–H groups in total. The van der Waals surface area contributed by atoms with Crippen LogP contribution in [0.4, 0.5) is 4.39 Å². The van der Waals surface area contributed by atoms with Crippen molar-refractivity contribution < 1.29 is 9.18 Å². The average Bonchev–Trinajstić information content (AvgIpc) is 2.37. The van der Waals surface area contributed by atoms with E-state index in [4.69, 9.17) is 5.73 Å². The Labute approximate surface area is 114 Å². The number of hydrogen-bond donors (Lipinski definition) is 1. The zero-order valence-corrected chi connectivity index (χ0v) is 12.1. The SMILES string of the molecule is Cc1ccc(F)c(C(=O)N(C)CC[C@@H](N)C(C)C)c1. The van der Waals surface area contributed by atoms with Crippen LogP contribution in [-0.2, 0) is 0 Å². The van der Waals surface area contributed by atoms with E-state index < -0.39 is 5.82 Å². The molecule has 3 nitrogen and oxygen atoms in total. The highest BCUT2D eigenvalue weighted by Gasteiger charge is 2.17. The first-order valence-electron chi connectivity index (χ1n) is 6.60. The molecule has 0 unspecified atom stereocenters. The van der Waals surface area contributed by atoms with Crippen LogP contribution in [0.2, 0.25) is 0 Å². The zero-order chi connectivity index (χ0) is 14.6. The molecule has 19 heavy (non-hydrogen) atoms. The van der Waals surface area contributed by atoms with E-state index in [0.717, 1.165) is 5.56 Å². The van der Waals surface area contributed by atoms with E-state index in [-0.39, 0.29) is 17.5 Å². The first kappa shape index (κ1) is 15.6. The molecule has 1 aromatic carbocycles. The van der Waals surface area contributed by atoms with Crippen molar-refractivity contribution in [2.24, 2.45) is 11.7 Å². The quantitative estimate of drug-likeness (QED) is 0.890. The molecular formula is C15H23FN2O. The smallest absolute Gasteiger partial charge is 0.256 e. The number of carbonyl (C=O) groups is 1. The molecule has 0 heterocycles. The molecule has 1 rings (SSSR count). The van der Waals surface area contributed by atoms with Gasteiger partial charge >= 0.3 is 0 Å². The third-order valence-corrected chi connectivity index (χ3v) is 3.35. The Balaban J connectivity index is 2.69. The van der Waals surface area contributed by atoms with Crippen LogP contribution < -0.4 is 5.73 Å². The summed E-state index contributed by atoms with van der Waals surface area (Å²) in [5.41, 5.74) is 6.94. The molecule has 1 amide bonds. The van der Waals surface area contributed by atoms with Gasteiger partial charge in [-0.25, -0.2) is 4.39 Å². The number of carbonyl (C=O) groups excluding carboxylic acids is 1. The van der Waals surface area contributed by atoms with Crippen LogP contribution in [0.1, 0.15) is 36.2 Å². The van der Waals surface area contributed by atoms with Crippen molar-refractivity contribution in [2.45, 2.75) is 33.2 Å². The number of amides is 1. The highest BCUT2D eigenvalue weighted by Crippen LogP contribution is 2.13. The molecule has 4 heteroatoms. The molecule has 0 aliphatic heterocycles. The fourth-order valence-electron chi connectivity index (χ4n) is 1.79. The third-order valence-electron chi connectivity index (χ3n) is 3.35. The van der Waals surface area contributed by atoms with Crippen molar-refractivity contribution in [3.05, 3.63) is 35.1 Å². The number of benzene rings is 1. The predicted molar refractivity (Wildman–Crippen MR) is 75.5 cm³/mol. The summed E-state index contributed by atoms with van der Waals surface area (Å²) in [5, 5.41) is 0. The summed E-state index contributed by atoms with van der Waals surface area (Å²) in [5.74, 6) is -0.396. The summed E-state index contributed by atoms with van der Waals surface area (Å²) >= 11 is 0. The van der Waals surface area contributed by atoms with Gasteiger partial charge in [-0.05, 0) is 31.4 Å². The zero-order valence-electron chi connectivity index (χ0n) is 12.1. The average molecular weight is 266 g/mol. The maximum Gasteiger partial charge on any atom is 0.256 e. The van der Waals surface area contributed by atoms with E-state index >= 15 is 0 Å². The molecule has 0 aromatic heterocycles. The summed E-state index contributed by atoms with van der Waals surface area (Å²) < 4.78 is 13.6. The number of aryl methyl sites for hydroxylation is 1. The molecule has 106 valence electrons. The maximum absolute atomic E-state index is 13.6. The highest BCUT2D eigenvalue weighted by atomic mass is 19.1. The molecule has 0 spiro atoms. The molecule has 0 saturated heterocycles. The lowest BCUT2D eigenvalue weighted by Crippen LogP contribution is -2.35. The predicted octanol–water partition coefficient (Wildman–Crippen LogP) is 2.58. The van der Waals surface area contributed by atoms with Gasteiger partial charge in [-0.3, -0.25) is 4.79 Å². The fourth-order valence-corrected chi connectivity index (χ4v) is 1.79. The second-order valence-corrected chi connectivity index (χ2v) is 5.41. The monoisotopic (exact) mass is 266 g/mol. The van der Waals surface area contributed by atoms with Crippen LogP contribution in [0, 0.1) is 18.7 Å². The van der Waals surface area contributed by atoms with E-state index in [1.54, 1.807) is 19.2 Å². The minimum absolute atomic E-state index is 0.0533. The van der Waals surface area contributed by atoms with Crippen LogP contribution in [0.25, 0.3) is 0 Å². The van der Waals surface area contributed by atoms with Crippen LogP contribution in [0.5, 0.6) is 0 Å². The first-order chi connectivity index (χ1) is 8.82. The van der Waals surface area contributed by atoms with Crippen LogP contribution in [0.3, 0.4) is 0 Å². The topological polar surface area (TPSA) is 46.3 Å². The number of nitrogens with zero attached hydrogens (tertiary/aromatic N) is 1. The molecule has 0 saturated carbocycles. The largest absolute Gasteiger partial charge is 0.342 e. The van der Waals surface area contributed by atoms with Gasteiger partial charge in [0.2, 0.25) is 0 Å². The van der Waals surface area contributed by atoms with Crippen molar-refractivity contribution >= 4 is 5.91 Å². The van der Waals surface area contributed by atoms with E-state index in [0.29, 0.717) is 18.9 Å². The summed E-state index contributed by atoms with van der Waals surface area (Å²) in [7, 11) is 1.68. The lowest BCUT2D eigenvalue weighted by atomic mass is 10.0. The Morgan fingerprint density at radius 3 is 2.63 bits per heavy atom. The van der Waals surface area contributed by atoms with E-state index in [1.807, 2.05) is 20.8 Å². The van der Waals surface area contributed by atoms with Crippen LogP contribution in [-0.4, -0.2) is 30.4 Å². The standard InChI is InChI=1S/C15H23FN2O/c1-10(2)14(17)7-8-18(4)15(19)12-9-11(3)5-6-13(12)16/h5-6,9-10,14H,7-8,17H2,1-4H3/t14-/m1/s1. The Morgan fingerprint density at radius 2 is 2.05 bits per heavy atom. The maximum atomic E-state index is 13.6. The molecule has 0 radical (unpaired) electrons. The Bertz CT molecular complexity index is 446. The minimum Gasteiger partial charge on any atom is -0.342 e. The van der Waals surface area contributed by atoms with Crippen LogP contribution in [0.15, 0.2) is 18.2 Å². The molecule has 1 atom stereocenters. The number of hydrogen-bond acceptors (Lipinski definition) is 2. The number of halogens is 1. The van der Waals surface area contributed by atoms with Crippen LogP contribution >= 0.6 is 0 Å². The summed E-state index contributed by atoms with van der Waals surface area (Å²) in [6.07, 6.45) is 0.716. The van der Waals surface area contributed by atoms with Crippen molar-refractivity contribution in [1.29, 1.82) is 0 Å². The second kappa shape index (κ2) is 6.66. The lowest BCUT2D eigenvalue weighted by Gasteiger charge is -2.22. The summed E-state index contributed by atoms with van der Waals surface area (Å²) in [4.78, 5) is 13.7. The minimum atomic E-state index is -0.476. The molecule has 0 aliphatic rings. The van der Waals surface area contributed by atoms with Gasteiger partial charge in [-0.15, -0.1) is 0 Å². The molecule has 0 fully saturated rings. The van der Waals surface area contributed by atoms with Gasteiger partial charge in [0.1, 0.15) is 5.82 Å². The van der Waals surface area contributed by atoms with Gasteiger partial charge in [0.25, 0.3) is 5.91 Å². The van der Waals surface area contributed by atoms with Gasteiger partial charge in [0.15, 0.2) is 0 Å². The first-order valence-corrected chi connectivity index (χ1v) is 6.60. The van der Waals surface area contributed by atoms with E-state index in [9.17, 15) is 9.18 Å². The Morgan fingerprint density at radius 1 is 1.42 bits per heavy atom. The fraction of sp³-hybridized carbons (Fsp3) is 0.533. The van der Waals surface area contributed by atoms with Crippen molar-refractivity contribution in [3.63, 3.8) is 0 Å². The Kier molecular flexibility index (Phi) is 5.48. The van der Waals surface area contributed by atoms with Crippen molar-refractivity contribution in [2.75, 3.05) is 13.6 Å². The van der Waals surface area contributed by atoms with Crippen molar-refractivity contribution in [3.8, 4) is 0 Å². The van der Waals surface area contributed by atoms with Gasteiger partial charge in [-0.1, -0.05) is 25.5 Å². The second-order valence-electron chi connectivity index (χ2n) is 5.41. The molecule has 1 aromatic rings. The lowest BCUT2D eigenvalue weighted by molar-refractivity contribution is 0.0784. The van der Waals surface area contributed by atoms with Gasteiger partial charge < -0.3 is 10.6 Å².